The molecular formula is C13H19ClO. The Bertz CT molecular complexity index is 310. The van der Waals surface area contributed by atoms with Crippen LogP contribution >= 0.6 is 11.6 Å². The molecule has 2 heteroatoms. The number of hydrogen-bond acceptors (Lipinski definition) is 1. The Morgan fingerprint density at radius 3 is 2.20 bits per heavy atom. The van der Waals surface area contributed by atoms with Gasteiger partial charge in [0.2, 0.25) is 0 Å². The molecule has 84 valence electrons. The SMILES string of the molecule is Cc1cc(C)c(C(Cl)CCCO)c(C)c1. The summed E-state index contributed by atoms with van der Waals surface area (Å²) in [6.45, 7) is 6.52. The van der Waals surface area contributed by atoms with E-state index in [0.29, 0.717) is 0 Å². The summed E-state index contributed by atoms with van der Waals surface area (Å²) in [6.07, 6.45) is 1.60. The predicted molar refractivity (Wildman–Crippen MR) is 65.6 cm³/mol. The lowest BCUT2D eigenvalue weighted by atomic mass is 9.95. The molecule has 15 heavy (non-hydrogen) atoms. The number of benzene rings is 1. The van der Waals surface area contributed by atoms with Crippen molar-refractivity contribution in [1.29, 1.82) is 0 Å². The summed E-state index contributed by atoms with van der Waals surface area (Å²) in [5.74, 6) is 0. The molecule has 1 aromatic rings. The second kappa shape index (κ2) is 5.53. The van der Waals surface area contributed by atoms with E-state index in [0.717, 1.165) is 12.8 Å². The van der Waals surface area contributed by atoms with Gasteiger partial charge in [0.05, 0.1) is 5.38 Å². The lowest BCUT2D eigenvalue weighted by Crippen LogP contribution is -2.00. The normalized spacial score (nSPS) is 12.9. The average molecular weight is 227 g/mol. The lowest BCUT2D eigenvalue weighted by molar-refractivity contribution is 0.284. The zero-order valence-corrected chi connectivity index (χ0v) is 10.4. The summed E-state index contributed by atoms with van der Waals surface area (Å²) in [5.41, 5.74) is 5.02. The second-order valence-electron chi connectivity index (χ2n) is 4.15. The van der Waals surface area contributed by atoms with Gasteiger partial charge in [-0.2, -0.15) is 0 Å². The third-order valence-corrected chi connectivity index (χ3v) is 3.10. The second-order valence-corrected chi connectivity index (χ2v) is 4.67. The maximum atomic E-state index is 8.79. The summed E-state index contributed by atoms with van der Waals surface area (Å²) >= 11 is 6.34. The van der Waals surface area contributed by atoms with Gasteiger partial charge in [0, 0.05) is 6.61 Å². The molecule has 0 radical (unpaired) electrons. The van der Waals surface area contributed by atoms with Crippen molar-refractivity contribution in [3.63, 3.8) is 0 Å². The van der Waals surface area contributed by atoms with Crippen LogP contribution in [0.4, 0.5) is 0 Å². The molecule has 0 amide bonds. The molecule has 1 unspecified atom stereocenters. The van der Waals surface area contributed by atoms with Crippen LogP contribution in [0.5, 0.6) is 0 Å². The van der Waals surface area contributed by atoms with Gasteiger partial charge in [0.15, 0.2) is 0 Å². The molecule has 0 aliphatic rings. The number of aliphatic hydroxyl groups is 1. The Labute approximate surface area is 97.1 Å². The molecule has 0 saturated heterocycles. The Kier molecular flexibility index (Phi) is 4.62. The summed E-state index contributed by atoms with van der Waals surface area (Å²) in [5, 5.41) is 8.81. The van der Waals surface area contributed by atoms with Gasteiger partial charge in [-0.1, -0.05) is 17.7 Å². The molecule has 1 rings (SSSR count). The lowest BCUT2D eigenvalue weighted by Gasteiger charge is -2.16. The maximum absolute atomic E-state index is 8.79. The first-order chi connectivity index (χ1) is 7.06. The fourth-order valence-corrected chi connectivity index (χ4v) is 2.60. The molecular weight excluding hydrogens is 208 g/mol. The summed E-state index contributed by atoms with van der Waals surface area (Å²) in [7, 11) is 0. The number of rotatable bonds is 4. The quantitative estimate of drug-likeness (QED) is 0.777. The fourth-order valence-electron chi connectivity index (χ4n) is 2.10. The van der Waals surface area contributed by atoms with E-state index in [4.69, 9.17) is 16.7 Å². The van der Waals surface area contributed by atoms with Gasteiger partial charge < -0.3 is 5.11 Å². The van der Waals surface area contributed by atoms with Gasteiger partial charge in [-0.15, -0.1) is 11.6 Å². The van der Waals surface area contributed by atoms with Gasteiger partial charge in [-0.25, -0.2) is 0 Å². The van der Waals surface area contributed by atoms with Crippen LogP contribution in [0.1, 0.15) is 40.5 Å². The Balaban J connectivity index is 2.92. The van der Waals surface area contributed by atoms with E-state index < -0.39 is 0 Å². The molecule has 0 aliphatic carbocycles. The third-order valence-electron chi connectivity index (χ3n) is 2.67. The molecule has 0 saturated carbocycles. The standard InChI is InChI=1S/C13H19ClO/c1-9-7-10(2)13(11(3)8-9)12(14)5-4-6-15/h7-8,12,15H,4-6H2,1-3H3. The van der Waals surface area contributed by atoms with Crippen molar-refractivity contribution in [2.24, 2.45) is 0 Å². The van der Waals surface area contributed by atoms with Crippen LogP contribution in [0.2, 0.25) is 0 Å². The summed E-state index contributed by atoms with van der Waals surface area (Å²) in [4.78, 5) is 0. The minimum Gasteiger partial charge on any atom is -0.396 e. The number of alkyl halides is 1. The van der Waals surface area contributed by atoms with Gasteiger partial charge in [0.1, 0.15) is 0 Å². The highest BCUT2D eigenvalue weighted by Gasteiger charge is 2.13. The van der Waals surface area contributed by atoms with Crippen molar-refractivity contribution >= 4 is 11.6 Å². The molecule has 1 aromatic carbocycles. The van der Waals surface area contributed by atoms with Gasteiger partial charge in [-0.05, 0) is 50.3 Å². The monoisotopic (exact) mass is 226 g/mol. The van der Waals surface area contributed by atoms with Crippen LogP contribution in [-0.4, -0.2) is 11.7 Å². The van der Waals surface area contributed by atoms with E-state index in [-0.39, 0.29) is 12.0 Å². The smallest absolute Gasteiger partial charge is 0.0591 e. The first-order valence-electron chi connectivity index (χ1n) is 5.39. The van der Waals surface area contributed by atoms with E-state index in [1.54, 1.807) is 0 Å². The maximum Gasteiger partial charge on any atom is 0.0591 e. The van der Waals surface area contributed by atoms with Crippen molar-refractivity contribution in [3.8, 4) is 0 Å². The molecule has 0 aromatic heterocycles. The van der Waals surface area contributed by atoms with Crippen LogP contribution < -0.4 is 0 Å². The molecule has 0 heterocycles. The Morgan fingerprint density at radius 2 is 1.73 bits per heavy atom. The van der Waals surface area contributed by atoms with Crippen LogP contribution in [0, 0.1) is 20.8 Å². The number of aliphatic hydroxyl groups excluding tert-OH is 1. The highest BCUT2D eigenvalue weighted by atomic mass is 35.5. The van der Waals surface area contributed by atoms with Crippen molar-refractivity contribution in [1.82, 2.24) is 0 Å². The average Bonchev–Trinajstić information content (AvgIpc) is 2.12. The Morgan fingerprint density at radius 1 is 1.20 bits per heavy atom. The largest absolute Gasteiger partial charge is 0.396 e. The molecule has 0 bridgehead atoms. The number of aryl methyl sites for hydroxylation is 3. The van der Waals surface area contributed by atoms with Crippen molar-refractivity contribution in [2.45, 2.75) is 39.0 Å². The van der Waals surface area contributed by atoms with E-state index in [2.05, 4.69) is 32.9 Å². The van der Waals surface area contributed by atoms with Crippen molar-refractivity contribution in [3.05, 3.63) is 34.4 Å². The molecule has 0 aliphatic heterocycles. The predicted octanol–water partition coefficient (Wildman–Crippen LogP) is 3.66. The highest BCUT2D eigenvalue weighted by Crippen LogP contribution is 2.31. The number of hydrogen-bond donors (Lipinski definition) is 1. The van der Waals surface area contributed by atoms with Crippen LogP contribution in [0.3, 0.4) is 0 Å². The van der Waals surface area contributed by atoms with E-state index in [1.165, 1.54) is 22.3 Å². The first-order valence-corrected chi connectivity index (χ1v) is 5.82. The zero-order valence-electron chi connectivity index (χ0n) is 9.68. The fraction of sp³-hybridized carbons (Fsp3) is 0.538. The van der Waals surface area contributed by atoms with E-state index in [1.807, 2.05) is 0 Å². The topological polar surface area (TPSA) is 20.2 Å². The zero-order chi connectivity index (χ0) is 11.4. The van der Waals surface area contributed by atoms with Crippen LogP contribution in [0.25, 0.3) is 0 Å². The minimum atomic E-state index is 0.0257. The number of halogens is 1. The van der Waals surface area contributed by atoms with Gasteiger partial charge >= 0.3 is 0 Å². The minimum absolute atomic E-state index is 0.0257. The van der Waals surface area contributed by atoms with E-state index in [9.17, 15) is 0 Å². The molecule has 1 nitrogen and oxygen atoms in total. The highest BCUT2D eigenvalue weighted by molar-refractivity contribution is 6.21. The summed E-state index contributed by atoms with van der Waals surface area (Å²) in [6, 6.07) is 4.33. The van der Waals surface area contributed by atoms with Crippen LogP contribution in [-0.2, 0) is 0 Å². The molecule has 0 fully saturated rings. The van der Waals surface area contributed by atoms with Gasteiger partial charge in [-0.3, -0.25) is 0 Å². The molecule has 1 atom stereocenters. The first kappa shape index (κ1) is 12.5. The summed E-state index contributed by atoms with van der Waals surface area (Å²) < 4.78 is 0. The van der Waals surface area contributed by atoms with E-state index >= 15 is 0 Å². The molecule has 1 N–H and O–H groups in total. The van der Waals surface area contributed by atoms with Crippen molar-refractivity contribution < 1.29 is 5.11 Å². The molecule has 0 spiro atoms. The van der Waals surface area contributed by atoms with Crippen LogP contribution in [0.15, 0.2) is 12.1 Å². The Hall–Kier alpha value is -0.530. The third kappa shape index (κ3) is 3.22. The van der Waals surface area contributed by atoms with Gasteiger partial charge in [0.25, 0.3) is 0 Å². The van der Waals surface area contributed by atoms with Crippen molar-refractivity contribution in [2.75, 3.05) is 6.61 Å².